The van der Waals surface area contributed by atoms with E-state index in [9.17, 15) is 4.39 Å². The summed E-state index contributed by atoms with van der Waals surface area (Å²) in [6.07, 6.45) is 1.99. The van der Waals surface area contributed by atoms with Crippen molar-refractivity contribution < 1.29 is 13.9 Å². The molecule has 0 saturated carbocycles. The predicted molar refractivity (Wildman–Crippen MR) is 72.9 cm³/mol. The van der Waals surface area contributed by atoms with Crippen LogP contribution in [-0.2, 0) is 4.74 Å². The minimum absolute atomic E-state index is 0.138. The normalized spacial score (nSPS) is 18.3. The SMILES string of the molecule is CNC(C)c1ccc(OCC2CCOCC2)c(F)c1. The molecule has 0 aliphatic carbocycles. The molecule has 0 radical (unpaired) electrons. The summed E-state index contributed by atoms with van der Waals surface area (Å²) in [6.45, 7) is 4.14. The summed E-state index contributed by atoms with van der Waals surface area (Å²) in [7, 11) is 1.86. The van der Waals surface area contributed by atoms with Crippen LogP contribution in [0.5, 0.6) is 5.75 Å². The molecule has 1 aromatic rings. The van der Waals surface area contributed by atoms with E-state index in [1.807, 2.05) is 20.0 Å². The van der Waals surface area contributed by atoms with Gasteiger partial charge in [-0.05, 0) is 50.4 Å². The number of ether oxygens (including phenoxy) is 2. The highest BCUT2D eigenvalue weighted by Crippen LogP contribution is 2.23. The average Bonchev–Trinajstić information content (AvgIpc) is 2.46. The first-order valence-electron chi connectivity index (χ1n) is 6.88. The van der Waals surface area contributed by atoms with E-state index in [0.29, 0.717) is 18.3 Å². The molecule has 1 aromatic carbocycles. The molecule has 106 valence electrons. The highest BCUT2D eigenvalue weighted by molar-refractivity contribution is 5.30. The molecule has 19 heavy (non-hydrogen) atoms. The van der Waals surface area contributed by atoms with Crippen LogP contribution in [0.15, 0.2) is 18.2 Å². The third-order valence-electron chi connectivity index (χ3n) is 3.70. The number of halogens is 1. The zero-order chi connectivity index (χ0) is 13.7. The summed E-state index contributed by atoms with van der Waals surface area (Å²) in [4.78, 5) is 0. The highest BCUT2D eigenvalue weighted by atomic mass is 19.1. The van der Waals surface area contributed by atoms with E-state index >= 15 is 0 Å². The van der Waals surface area contributed by atoms with Gasteiger partial charge in [0, 0.05) is 19.3 Å². The molecule has 1 fully saturated rings. The largest absolute Gasteiger partial charge is 0.490 e. The van der Waals surface area contributed by atoms with Crippen LogP contribution >= 0.6 is 0 Å². The number of benzene rings is 1. The number of rotatable bonds is 5. The lowest BCUT2D eigenvalue weighted by Crippen LogP contribution is -2.21. The first-order chi connectivity index (χ1) is 9.20. The summed E-state index contributed by atoms with van der Waals surface area (Å²) in [6, 6.07) is 5.31. The Labute approximate surface area is 114 Å². The first kappa shape index (κ1) is 14.3. The van der Waals surface area contributed by atoms with Crippen LogP contribution in [0.3, 0.4) is 0 Å². The summed E-state index contributed by atoms with van der Waals surface area (Å²) in [5, 5.41) is 3.09. The second-order valence-electron chi connectivity index (χ2n) is 5.07. The van der Waals surface area contributed by atoms with E-state index in [0.717, 1.165) is 31.6 Å². The van der Waals surface area contributed by atoms with Crippen LogP contribution in [-0.4, -0.2) is 26.9 Å². The van der Waals surface area contributed by atoms with Gasteiger partial charge in [0.1, 0.15) is 0 Å². The molecule has 1 unspecified atom stereocenters. The maximum atomic E-state index is 13.9. The minimum atomic E-state index is -0.286. The van der Waals surface area contributed by atoms with Crippen molar-refractivity contribution in [2.45, 2.75) is 25.8 Å². The van der Waals surface area contributed by atoms with Crippen molar-refractivity contribution in [3.05, 3.63) is 29.6 Å². The van der Waals surface area contributed by atoms with E-state index in [-0.39, 0.29) is 11.9 Å². The standard InChI is InChI=1S/C15H22FNO2/c1-11(17-2)13-3-4-15(14(16)9-13)19-10-12-5-7-18-8-6-12/h3-4,9,11-12,17H,5-8,10H2,1-2H3. The van der Waals surface area contributed by atoms with Crippen LogP contribution in [0, 0.1) is 11.7 Å². The molecule has 1 aliphatic rings. The smallest absolute Gasteiger partial charge is 0.165 e. The Kier molecular flexibility index (Phi) is 5.16. The van der Waals surface area contributed by atoms with Gasteiger partial charge in [0.25, 0.3) is 0 Å². The van der Waals surface area contributed by atoms with Crippen molar-refractivity contribution in [2.24, 2.45) is 5.92 Å². The molecule has 0 bridgehead atoms. The van der Waals surface area contributed by atoms with Crippen molar-refractivity contribution in [2.75, 3.05) is 26.9 Å². The van der Waals surface area contributed by atoms with Gasteiger partial charge in [-0.25, -0.2) is 4.39 Å². The predicted octanol–water partition coefficient (Wildman–Crippen LogP) is 2.91. The van der Waals surface area contributed by atoms with Gasteiger partial charge in [-0.3, -0.25) is 0 Å². The Balaban J connectivity index is 1.93. The maximum Gasteiger partial charge on any atom is 0.165 e. The van der Waals surface area contributed by atoms with Crippen LogP contribution in [0.25, 0.3) is 0 Å². The van der Waals surface area contributed by atoms with Crippen LogP contribution < -0.4 is 10.1 Å². The minimum Gasteiger partial charge on any atom is -0.490 e. The molecule has 2 rings (SSSR count). The molecule has 3 nitrogen and oxygen atoms in total. The molecule has 1 atom stereocenters. The molecule has 1 saturated heterocycles. The van der Waals surface area contributed by atoms with Crippen molar-refractivity contribution >= 4 is 0 Å². The Morgan fingerprint density at radius 1 is 1.42 bits per heavy atom. The summed E-state index contributed by atoms with van der Waals surface area (Å²) in [5.74, 6) is 0.536. The molecule has 1 N–H and O–H groups in total. The lowest BCUT2D eigenvalue weighted by Gasteiger charge is -2.22. The lowest BCUT2D eigenvalue weighted by atomic mass is 10.0. The van der Waals surface area contributed by atoms with Gasteiger partial charge < -0.3 is 14.8 Å². The highest BCUT2D eigenvalue weighted by Gasteiger charge is 2.15. The second-order valence-corrected chi connectivity index (χ2v) is 5.07. The summed E-state index contributed by atoms with van der Waals surface area (Å²) < 4.78 is 24.8. The lowest BCUT2D eigenvalue weighted by molar-refractivity contribution is 0.0491. The monoisotopic (exact) mass is 267 g/mol. The van der Waals surface area contributed by atoms with E-state index in [2.05, 4.69) is 5.32 Å². The number of hydrogen-bond acceptors (Lipinski definition) is 3. The molecule has 0 amide bonds. The fourth-order valence-corrected chi connectivity index (χ4v) is 2.19. The third kappa shape index (κ3) is 3.91. The van der Waals surface area contributed by atoms with Gasteiger partial charge in [0.2, 0.25) is 0 Å². The molecule has 1 heterocycles. The molecule has 0 spiro atoms. The Hall–Kier alpha value is -1.13. The third-order valence-corrected chi connectivity index (χ3v) is 3.70. The van der Waals surface area contributed by atoms with Gasteiger partial charge in [0.05, 0.1) is 6.61 Å². The van der Waals surface area contributed by atoms with Gasteiger partial charge in [-0.2, -0.15) is 0 Å². The Morgan fingerprint density at radius 2 is 2.16 bits per heavy atom. The Bertz CT molecular complexity index is 405. The van der Waals surface area contributed by atoms with E-state index < -0.39 is 0 Å². The van der Waals surface area contributed by atoms with Crippen molar-refractivity contribution in [3.63, 3.8) is 0 Å². The van der Waals surface area contributed by atoms with Crippen LogP contribution in [0.2, 0.25) is 0 Å². The zero-order valence-corrected chi connectivity index (χ0v) is 11.6. The van der Waals surface area contributed by atoms with Crippen LogP contribution in [0.4, 0.5) is 4.39 Å². The first-order valence-corrected chi connectivity index (χ1v) is 6.88. The molecular weight excluding hydrogens is 245 g/mol. The zero-order valence-electron chi connectivity index (χ0n) is 11.6. The van der Waals surface area contributed by atoms with Crippen LogP contribution in [0.1, 0.15) is 31.4 Å². The molecule has 1 aliphatic heterocycles. The molecule has 4 heteroatoms. The maximum absolute atomic E-state index is 13.9. The fourth-order valence-electron chi connectivity index (χ4n) is 2.19. The van der Waals surface area contributed by atoms with E-state index in [1.165, 1.54) is 0 Å². The molecule has 0 aromatic heterocycles. The number of nitrogens with one attached hydrogen (secondary N) is 1. The van der Waals surface area contributed by atoms with Gasteiger partial charge >= 0.3 is 0 Å². The average molecular weight is 267 g/mol. The van der Waals surface area contributed by atoms with Gasteiger partial charge in [-0.1, -0.05) is 6.07 Å². The fraction of sp³-hybridized carbons (Fsp3) is 0.600. The topological polar surface area (TPSA) is 30.5 Å². The quantitative estimate of drug-likeness (QED) is 0.889. The second kappa shape index (κ2) is 6.87. The summed E-state index contributed by atoms with van der Waals surface area (Å²) >= 11 is 0. The molecular formula is C15H22FNO2. The van der Waals surface area contributed by atoms with Gasteiger partial charge in [0.15, 0.2) is 11.6 Å². The van der Waals surface area contributed by atoms with E-state index in [1.54, 1.807) is 12.1 Å². The van der Waals surface area contributed by atoms with E-state index in [4.69, 9.17) is 9.47 Å². The van der Waals surface area contributed by atoms with Crippen molar-refractivity contribution in [1.82, 2.24) is 5.32 Å². The number of hydrogen-bond donors (Lipinski definition) is 1. The summed E-state index contributed by atoms with van der Waals surface area (Å²) in [5.41, 5.74) is 0.929. The van der Waals surface area contributed by atoms with Crippen molar-refractivity contribution in [1.29, 1.82) is 0 Å². The van der Waals surface area contributed by atoms with Gasteiger partial charge in [-0.15, -0.1) is 0 Å². The Morgan fingerprint density at radius 3 is 2.79 bits per heavy atom. The van der Waals surface area contributed by atoms with Crippen molar-refractivity contribution in [3.8, 4) is 5.75 Å².